The number of amides is 1. The first kappa shape index (κ1) is 19.6. The molecule has 1 heterocycles. The van der Waals surface area contributed by atoms with Gasteiger partial charge in [0.05, 0.1) is 6.54 Å². The van der Waals surface area contributed by atoms with Crippen molar-refractivity contribution in [1.82, 2.24) is 20.1 Å². The molecule has 0 aliphatic carbocycles. The normalized spacial score (nSPS) is 10.8. The van der Waals surface area contributed by atoms with Crippen LogP contribution < -0.4 is 5.32 Å². The minimum absolute atomic E-state index is 0.119. The maximum Gasteiger partial charge on any atom is 0.251 e. The molecule has 7 heteroatoms. The van der Waals surface area contributed by atoms with E-state index in [4.69, 9.17) is 0 Å². The molecule has 1 aromatic heterocycles. The van der Waals surface area contributed by atoms with Crippen molar-refractivity contribution < 1.29 is 4.79 Å². The summed E-state index contributed by atoms with van der Waals surface area (Å²) in [5, 5.41) is 12.4. The van der Waals surface area contributed by atoms with Crippen molar-refractivity contribution in [2.45, 2.75) is 32.0 Å². The van der Waals surface area contributed by atoms with E-state index in [9.17, 15) is 4.79 Å². The number of carbonyl (C=O) groups excluding carboxylic acids is 1. The Morgan fingerprint density at radius 2 is 1.96 bits per heavy atom. The number of aromatic nitrogens is 3. The van der Waals surface area contributed by atoms with Crippen LogP contribution in [0, 0.1) is 6.92 Å². The summed E-state index contributed by atoms with van der Waals surface area (Å²) in [6.07, 6.45) is 1.05. The van der Waals surface area contributed by atoms with Gasteiger partial charge in [-0.25, -0.2) is 0 Å². The Morgan fingerprint density at radius 1 is 1.19 bits per heavy atom. The molecule has 3 rings (SSSR count). The van der Waals surface area contributed by atoms with Gasteiger partial charge < -0.3 is 5.32 Å². The van der Waals surface area contributed by atoms with E-state index in [-0.39, 0.29) is 5.91 Å². The van der Waals surface area contributed by atoms with Crippen molar-refractivity contribution in [2.75, 3.05) is 5.75 Å². The molecule has 0 unspecified atom stereocenters. The Balaban J connectivity index is 1.83. The van der Waals surface area contributed by atoms with E-state index in [2.05, 4.69) is 38.4 Å². The average Bonchev–Trinajstić information content (AvgIpc) is 3.08. The van der Waals surface area contributed by atoms with Crippen molar-refractivity contribution in [2.24, 2.45) is 0 Å². The third-order valence-electron chi connectivity index (χ3n) is 3.91. The second kappa shape index (κ2) is 9.19. The average molecular weight is 445 g/mol. The van der Waals surface area contributed by atoms with E-state index >= 15 is 0 Å². The van der Waals surface area contributed by atoms with Crippen molar-refractivity contribution in [3.8, 4) is 5.69 Å². The van der Waals surface area contributed by atoms with Crippen LogP contribution in [-0.4, -0.2) is 26.4 Å². The van der Waals surface area contributed by atoms with Crippen LogP contribution in [0.3, 0.4) is 0 Å². The van der Waals surface area contributed by atoms with Crippen LogP contribution in [-0.2, 0) is 6.54 Å². The zero-order chi connectivity index (χ0) is 19.2. The molecule has 5 nitrogen and oxygen atoms in total. The molecule has 0 saturated carbocycles. The lowest BCUT2D eigenvalue weighted by Crippen LogP contribution is -2.24. The number of halogens is 1. The summed E-state index contributed by atoms with van der Waals surface area (Å²) in [7, 11) is 0. The van der Waals surface area contributed by atoms with Gasteiger partial charge in [0.25, 0.3) is 5.91 Å². The number of hydrogen-bond donors (Lipinski definition) is 1. The fraction of sp³-hybridized carbons (Fsp3) is 0.250. The van der Waals surface area contributed by atoms with E-state index in [0.717, 1.165) is 33.1 Å². The van der Waals surface area contributed by atoms with Crippen LogP contribution in [0.15, 0.2) is 58.2 Å². The summed E-state index contributed by atoms with van der Waals surface area (Å²) < 4.78 is 3.01. The predicted molar refractivity (Wildman–Crippen MR) is 112 cm³/mol. The number of benzene rings is 2. The van der Waals surface area contributed by atoms with E-state index in [1.54, 1.807) is 11.8 Å². The Kier molecular flexibility index (Phi) is 6.68. The van der Waals surface area contributed by atoms with Gasteiger partial charge in [-0.15, -0.1) is 10.2 Å². The van der Waals surface area contributed by atoms with Gasteiger partial charge in [-0.05, 0) is 49.7 Å². The zero-order valence-corrected chi connectivity index (χ0v) is 17.7. The summed E-state index contributed by atoms with van der Waals surface area (Å²) in [6, 6.07) is 15.5. The highest BCUT2D eigenvalue weighted by molar-refractivity contribution is 9.10. The first-order valence-corrected chi connectivity index (χ1v) is 10.5. The van der Waals surface area contributed by atoms with Gasteiger partial charge in [0.2, 0.25) is 0 Å². The Bertz CT molecular complexity index is 924. The lowest BCUT2D eigenvalue weighted by Gasteiger charge is -2.11. The molecule has 3 aromatic rings. The molecule has 140 valence electrons. The van der Waals surface area contributed by atoms with Gasteiger partial charge in [0.1, 0.15) is 0 Å². The lowest BCUT2D eigenvalue weighted by atomic mass is 10.1. The molecule has 0 fully saturated rings. The zero-order valence-electron chi connectivity index (χ0n) is 15.3. The van der Waals surface area contributed by atoms with Crippen LogP contribution >= 0.6 is 27.7 Å². The van der Waals surface area contributed by atoms with Gasteiger partial charge in [-0.1, -0.05) is 52.3 Å². The largest absolute Gasteiger partial charge is 0.345 e. The molecule has 27 heavy (non-hydrogen) atoms. The predicted octanol–water partition coefficient (Wildman–Crippen LogP) is 4.77. The topological polar surface area (TPSA) is 59.8 Å². The molecular formula is C20H21BrN4OS. The number of hydrogen-bond acceptors (Lipinski definition) is 4. The van der Waals surface area contributed by atoms with E-state index in [1.807, 2.05) is 60.0 Å². The van der Waals surface area contributed by atoms with Gasteiger partial charge in [-0.2, -0.15) is 0 Å². The molecule has 2 aromatic carbocycles. The van der Waals surface area contributed by atoms with Gasteiger partial charge >= 0.3 is 0 Å². The lowest BCUT2D eigenvalue weighted by molar-refractivity contribution is 0.0949. The van der Waals surface area contributed by atoms with Crippen LogP contribution in [0.4, 0.5) is 0 Å². The summed E-state index contributed by atoms with van der Waals surface area (Å²) in [5.41, 5.74) is 2.67. The molecule has 1 N–H and O–H groups in total. The minimum atomic E-state index is -0.119. The highest BCUT2D eigenvalue weighted by Gasteiger charge is 2.15. The van der Waals surface area contributed by atoms with Crippen molar-refractivity contribution >= 4 is 33.6 Å². The molecule has 0 aliphatic heterocycles. The Hall–Kier alpha value is -2.12. The molecule has 0 aliphatic rings. The summed E-state index contributed by atoms with van der Waals surface area (Å²) >= 11 is 5.13. The van der Waals surface area contributed by atoms with Crippen LogP contribution in [0.5, 0.6) is 0 Å². The number of nitrogens with zero attached hydrogens (tertiary/aromatic N) is 3. The fourth-order valence-corrected chi connectivity index (χ4v) is 3.69. The standard InChI is InChI=1S/C20H21BrN4OS/c1-3-11-27-20-24-23-18(25(20)17-9-7-16(21)8-10-17)13-22-19(26)15-6-4-5-14(2)12-15/h4-10,12H,3,11,13H2,1-2H3,(H,22,26). The molecule has 0 saturated heterocycles. The molecular weight excluding hydrogens is 424 g/mol. The second-order valence-electron chi connectivity index (χ2n) is 6.11. The highest BCUT2D eigenvalue weighted by atomic mass is 79.9. The van der Waals surface area contributed by atoms with Gasteiger partial charge in [0, 0.05) is 21.5 Å². The van der Waals surface area contributed by atoms with Crippen molar-refractivity contribution in [1.29, 1.82) is 0 Å². The van der Waals surface area contributed by atoms with Gasteiger partial charge in [-0.3, -0.25) is 9.36 Å². The summed E-state index contributed by atoms with van der Waals surface area (Å²) in [6.45, 7) is 4.41. The number of rotatable bonds is 7. The number of nitrogens with one attached hydrogen (secondary N) is 1. The molecule has 0 bridgehead atoms. The van der Waals surface area contributed by atoms with Crippen LogP contribution in [0.25, 0.3) is 5.69 Å². The number of thioether (sulfide) groups is 1. The maximum absolute atomic E-state index is 12.5. The Labute approximate surface area is 171 Å². The summed E-state index contributed by atoms with van der Waals surface area (Å²) in [4.78, 5) is 12.5. The smallest absolute Gasteiger partial charge is 0.251 e. The monoisotopic (exact) mass is 444 g/mol. The maximum atomic E-state index is 12.5. The molecule has 1 amide bonds. The Morgan fingerprint density at radius 3 is 2.67 bits per heavy atom. The van der Waals surface area contributed by atoms with Gasteiger partial charge in [0.15, 0.2) is 11.0 Å². The van der Waals surface area contributed by atoms with Crippen molar-refractivity contribution in [3.63, 3.8) is 0 Å². The minimum Gasteiger partial charge on any atom is -0.345 e. The van der Waals surface area contributed by atoms with E-state index in [1.165, 1.54) is 0 Å². The third-order valence-corrected chi connectivity index (χ3v) is 5.57. The molecule has 0 spiro atoms. The molecule has 0 atom stereocenters. The van der Waals surface area contributed by atoms with Crippen LogP contribution in [0.2, 0.25) is 0 Å². The highest BCUT2D eigenvalue weighted by Crippen LogP contribution is 2.24. The first-order chi connectivity index (χ1) is 13.1. The second-order valence-corrected chi connectivity index (χ2v) is 8.09. The fourth-order valence-electron chi connectivity index (χ4n) is 2.60. The first-order valence-electron chi connectivity index (χ1n) is 8.76. The summed E-state index contributed by atoms with van der Waals surface area (Å²) in [5.74, 6) is 1.55. The van der Waals surface area contributed by atoms with Crippen LogP contribution in [0.1, 0.15) is 35.1 Å². The quantitative estimate of drug-likeness (QED) is 0.533. The molecule has 0 radical (unpaired) electrons. The van der Waals surface area contributed by atoms with E-state index < -0.39 is 0 Å². The SMILES string of the molecule is CCCSc1nnc(CNC(=O)c2cccc(C)c2)n1-c1ccc(Br)cc1. The van der Waals surface area contributed by atoms with Crippen molar-refractivity contribution in [3.05, 3.63) is 70.0 Å². The number of aryl methyl sites for hydroxylation is 1. The van der Waals surface area contributed by atoms with E-state index in [0.29, 0.717) is 17.9 Å². The number of carbonyl (C=O) groups is 1. The third kappa shape index (κ3) is 4.99.